The highest BCUT2D eigenvalue weighted by atomic mass is 16.5. The molecule has 0 heterocycles. The third-order valence-electron chi connectivity index (χ3n) is 2.17. The first-order valence-corrected chi connectivity index (χ1v) is 6.06. The van der Waals surface area contributed by atoms with E-state index in [2.05, 4.69) is 10.6 Å². The Hall–Kier alpha value is -2.30. The number of nitrogens with one attached hydrogen (secondary N) is 2. The fourth-order valence-corrected chi connectivity index (χ4v) is 1.40. The molecule has 0 aliphatic heterocycles. The first kappa shape index (κ1) is 14.8. The van der Waals surface area contributed by atoms with Crippen molar-refractivity contribution >= 4 is 23.3 Å². The van der Waals surface area contributed by atoms with Gasteiger partial charge in [-0.05, 0) is 31.2 Å². The van der Waals surface area contributed by atoms with Crippen molar-refractivity contribution in [3.8, 4) is 0 Å². The summed E-state index contributed by atoms with van der Waals surface area (Å²) in [4.78, 5) is 21.9. The Bertz CT molecular complexity index is 452. The van der Waals surface area contributed by atoms with Crippen LogP contribution >= 0.6 is 0 Å². The topological polar surface area (TPSA) is 67.4 Å². The molecular formula is C14H18N2O3. The Morgan fingerprint density at radius 2 is 1.84 bits per heavy atom. The van der Waals surface area contributed by atoms with Gasteiger partial charge in [-0.3, -0.25) is 4.79 Å². The van der Waals surface area contributed by atoms with Crippen LogP contribution in [-0.2, 0) is 14.3 Å². The van der Waals surface area contributed by atoms with Gasteiger partial charge in [0.15, 0.2) is 0 Å². The molecule has 1 rings (SSSR count). The maximum absolute atomic E-state index is 11.0. The van der Waals surface area contributed by atoms with Gasteiger partial charge in [0.2, 0.25) is 5.91 Å². The molecule has 0 saturated carbocycles. The Balaban J connectivity index is 2.37. The van der Waals surface area contributed by atoms with Crippen LogP contribution in [0, 0.1) is 0 Å². The molecule has 0 saturated heterocycles. The van der Waals surface area contributed by atoms with Crippen LogP contribution in [0.5, 0.6) is 0 Å². The minimum Gasteiger partial charge on any atom is -0.463 e. The monoisotopic (exact) mass is 262 g/mol. The van der Waals surface area contributed by atoms with E-state index in [0.717, 1.165) is 11.4 Å². The lowest BCUT2D eigenvalue weighted by molar-refractivity contribution is -0.137. The number of anilines is 2. The number of benzene rings is 1. The zero-order chi connectivity index (χ0) is 14.1. The zero-order valence-corrected chi connectivity index (χ0v) is 11.1. The number of ether oxygens (including phenoxy) is 1. The summed E-state index contributed by atoms with van der Waals surface area (Å²) in [6.45, 7) is 4.13. The highest BCUT2D eigenvalue weighted by molar-refractivity contribution is 5.88. The van der Waals surface area contributed by atoms with Gasteiger partial charge in [0.25, 0.3) is 0 Å². The highest BCUT2D eigenvalue weighted by Gasteiger charge is 1.96. The summed E-state index contributed by atoms with van der Waals surface area (Å²) in [5.41, 5.74) is 1.66. The lowest BCUT2D eigenvalue weighted by Crippen LogP contribution is -2.06. The first-order chi connectivity index (χ1) is 9.11. The molecule has 2 N–H and O–H groups in total. The van der Waals surface area contributed by atoms with Crippen molar-refractivity contribution in [2.24, 2.45) is 0 Å². The van der Waals surface area contributed by atoms with Crippen LogP contribution in [0.15, 0.2) is 36.4 Å². The van der Waals surface area contributed by atoms with E-state index in [-0.39, 0.29) is 11.9 Å². The van der Waals surface area contributed by atoms with Crippen molar-refractivity contribution in [3.63, 3.8) is 0 Å². The largest absolute Gasteiger partial charge is 0.463 e. The molecule has 0 fully saturated rings. The summed E-state index contributed by atoms with van der Waals surface area (Å²) in [5.74, 6) is -0.441. The molecule has 0 aromatic heterocycles. The Morgan fingerprint density at radius 1 is 1.21 bits per heavy atom. The summed E-state index contributed by atoms with van der Waals surface area (Å²) >= 11 is 0. The third-order valence-corrected chi connectivity index (χ3v) is 2.17. The van der Waals surface area contributed by atoms with Gasteiger partial charge in [0.05, 0.1) is 6.61 Å². The Morgan fingerprint density at radius 3 is 2.42 bits per heavy atom. The van der Waals surface area contributed by atoms with Crippen LogP contribution in [0.1, 0.15) is 13.8 Å². The van der Waals surface area contributed by atoms with Gasteiger partial charge in [0.1, 0.15) is 0 Å². The number of hydrogen-bond acceptors (Lipinski definition) is 4. The molecule has 0 atom stereocenters. The summed E-state index contributed by atoms with van der Waals surface area (Å²) in [5, 5.41) is 5.80. The van der Waals surface area contributed by atoms with Crippen molar-refractivity contribution in [2.45, 2.75) is 13.8 Å². The molecule has 1 aromatic carbocycles. The van der Waals surface area contributed by atoms with Gasteiger partial charge in [-0.1, -0.05) is 6.08 Å². The van der Waals surface area contributed by atoms with Gasteiger partial charge in [-0.15, -0.1) is 0 Å². The molecule has 0 spiro atoms. The predicted octanol–water partition coefficient (Wildman–Crippen LogP) is 2.18. The molecule has 19 heavy (non-hydrogen) atoms. The van der Waals surface area contributed by atoms with Crippen LogP contribution in [-0.4, -0.2) is 25.0 Å². The molecule has 5 nitrogen and oxygen atoms in total. The van der Waals surface area contributed by atoms with E-state index in [4.69, 9.17) is 4.74 Å². The molecule has 0 aliphatic carbocycles. The zero-order valence-electron chi connectivity index (χ0n) is 11.1. The lowest BCUT2D eigenvalue weighted by Gasteiger charge is -2.05. The number of esters is 1. The minimum atomic E-state index is -0.342. The second-order valence-corrected chi connectivity index (χ2v) is 3.79. The maximum atomic E-state index is 11.0. The van der Waals surface area contributed by atoms with Crippen molar-refractivity contribution in [2.75, 3.05) is 23.8 Å². The fourth-order valence-electron chi connectivity index (χ4n) is 1.40. The van der Waals surface area contributed by atoms with Gasteiger partial charge in [-0.25, -0.2) is 4.79 Å². The van der Waals surface area contributed by atoms with Gasteiger partial charge < -0.3 is 15.4 Å². The molecular weight excluding hydrogens is 244 g/mol. The van der Waals surface area contributed by atoms with Gasteiger partial charge in [-0.2, -0.15) is 0 Å². The normalized spacial score (nSPS) is 10.2. The van der Waals surface area contributed by atoms with Crippen molar-refractivity contribution in [1.29, 1.82) is 0 Å². The van der Waals surface area contributed by atoms with Crippen molar-refractivity contribution < 1.29 is 14.3 Å². The maximum Gasteiger partial charge on any atom is 0.330 e. The number of hydrogen-bond donors (Lipinski definition) is 2. The lowest BCUT2D eigenvalue weighted by atomic mass is 10.2. The Kier molecular flexibility index (Phi) is 6.15. The summed E-state index contributed by atoms with van der Waals surface area (Å²) in [7, 11) is 0. The van der Waals surface area contributed by atoms with E-state index in [9.17, 15) is 9.59 Å². The van der Waals surface area contributed by atoms with Gasteiger partial charge >= 0.3 is 5.97 Å². The highest BCUT2D eigenvalue weighted by Crippen LogP contribution is 2.13. The Labute approximate surface area is 112 Å². The summed E-state index contributed by atoms with van der Waals surface area (Å²) in [6, 6.07) is 7.31. The van der Waals surface area contributed by atoms with Crippen LogP contribution < -0.4 is 10.6 Å². The van der Waals surface area contributed by atoms with Crippen molar-refractivity contribution in [1.82, 2.24) is 0 Å². The SMILES string of the molecule is CCOC(=O)/C=C/CNc1ccc(NC(C)=O)cc1. The molecule has 102 valence electrons. The molecule has 1 amide bonds. The second-order valence-electron chi connectivity index (χ2n) is 3.79. The molecule has 0 unspecified atom stereocenters. The van der Waals surface area contributed by atoms with Crippen LogP contribution in [0.25, 0.3) is 0 Å². The quantitative estimate of drug-likeness (QED) is 0.609. The first-order valence-electron chi connectivity index (χ1n) is 6.06. The average molecular weight is 262 g/mol. The van der Waals surface area contributed by atoms with Gasteiger partial charge in [0, 0.05) is 30.9 Å². The molecule has 0 radical (unpaired) electrons. The predicted molar refractivity (Wildman–Crippen MR) is 75.0 cm³/mol. The van der Waals surface area contributed by atoms with E-state index in [0.29, 0.717) is 13.2 Å². The summed E-state index contributed by atoms with van der Waals surface area (Å²) in [6.07, 6.45) is 3.09. The number of carbonyl (C=O) groups excluding carboxylic acids is 2. The standard InChI is InChI=1S/C14H18N2O3/c1-3-19-14(18)5-4-10-15-12-6-8-13(9-7-12)16-11(2)17/h4-9,15H,3,10H2,1-2H3,(H,16,17)/b5-4+. The van der Waals surface area contributed by atoms with Crippen LogP contribution in [0.3, 0.4) is 0 Å². The molecule has 5 heteroatoms. The minimum absolute atomic E-state index is 0.0990. The molecule has 0 bridgehead atoms. The number of carbonyl (C=O) groups is 2. The number of amides is 1. The van der Waals surface area contributed by atoms with E-state index in [1.807, 2.05) is 12.1 Å². The molecule has 1 aromatic rings. The fraction of sp³-hybridized carbons (Fsp3) is 0.286. The van der Waals surface area contributed by atoms with E-state index < -0.39 is 0 Å². The van der Waals surface area contributed by atoms with Crippen LogP contribution in [0.4, 0.5) is 11.4 Å². The second kappa shape index (κ2) is 7.92. The van der Waals surface area contributed by atoms with E-state index in [1.54, 1.807) is 25.1 Å². The summed E-state index contributed by atoms with van der Waals surface area (Å²) < 4.78 is 4.75. The number of rotatable bonds is 6. The average Bonchev–Trinajstić information content (AvgIpc) is 2.36. The molecule has 0 aliphatic rings. The third kappa shape index (κ3) is 6.26. The van der Waals surface area contributed by atoms with Crippen LogP contribution in [0.2, 0.25) is 0 Å². The van der Waals surface area contributed by atoms with E-state index >= 15 is 0 Å². The van der Waals surface area contributed by atoms with Crippen molar-refractivity contribution in [3.05, 3.63) is 36.4 Å². The van der Waals surface area contributed by atoms with E-state index in [1.165, 1.54) is 13.0 Å². The smallest absolute Gasteiger partial charge is 0.330 e.